The van der Waals surface area contributed by atoms with Crippen molar-refractivity contribution in [2.24, 2.45) is 0 Å². The van der Waals surface area contributed by atoms with Crippen molar-refractivity contribution in [1.82, 2.24) is 5.32 Å². The van der Waals surface area contributed by atoms with Gasteiger partial charge in [0, 0.05) is 22.2 Å². The van der Waals surface area contributed by atoms with E-state index < -0.39 is 0 Å². The quantitative estimate of drug-likeness (QED) is 0.761. The van der Waals surface area contributed by atoms with E-state index in [4.69, 9.17) is 5.26 Å². The topological polar surface area (TPSA) is 35.8 Å². The van der Waals surface area contributed by atoms with E-state index in [1.165, 1.54) is 20.5 Å². The maximum absolute atomic E-state index is 8.80. The first-order chi connectivity index (χ1) is 10.3. The van der Waals surface area contributed by atoms with Gasteiger partial charge in [-0.15, -0.1) is 11.3 Å². The molecule has 1 unspecified atom stereocenters. The van der Waals surface area contributed by atoms with Crippen molar-refractivity contribution in [3.05, 3.63) is 70.6 Å². The number of hydrogen-bond acceptors (Lipinski definition) is 3. The highest BCUT2D eigenvalue weighted by atomic mass is 32.1. The summed E-state index contributed by atoms with van der Waals surface area (Å²) in [7, 11) is 0. The van der Waals surface area contributed by atoms with Crippen molar-refractivity contribution in [3.8, 4) is 6.07 Å². The van der Waals surface area contributed by atoms with Crippen LogP contribution in [0, 0.1) is 11.3 Å². The van der Waals surface area contributed by atoms with Crippen LogP contribution in [-0.2, 0) is 6.54 Å². The van der Waals surface area contributed by atoms with Crippen LogP contribution in [-0.4, -0.2) is 0 Å². The Morgan fingerprint density at radius 3 is 2.62 bits per heavy atom. The van der Waals surface area contributed by atoms with E-state index >= 15 is 0 Å². The zero-order valence-electron chi connectivity index (χ0n) is 11.8. The Morgan fingerprint density at radius 1 is 1.14 bits per heavy atom. The molecule has 0 saturated carbocycles. The van der Waals surface area contributed by atoms with Gasteiger partial charge in [0.25, 0.3) is 0 Å². The first-order valence-corrected chi connectivity index (χ1v) is 7.79. The van der Waals surface area contributed by atoms with Gasteiger partial charge in [0.2, 0.25) is 0 Å². The molecule has 1 aromatic heterocycles. The molecular formula is C18H16N2S. The van der Waals surface area contributed by atoms with Crippen LogP contribution in [0.5, 0.6) is 0 Å². The Kier molecular flexibility index (Phi) is 4.01. The van der Waals surface area contributed by atoms with Gasteiger partial charge < -0.3 is 5.32 Å². The molecule has 0 amide bonds. The molecule has 0 fully saturated rings. The average molecular weight is 292 g/mol. The van der Waals surface area contributed by atoms with E-state index in [1.54, 1.807) is 0 Å². The molecule has 1 heterocycles. The Labute approximate surface area is 128 Å². The molecule has 0 aliphatic heterocycles. The molecule has 3 heteroatoms. The third-order valence-electron chi connectivity index (χ3n) is 3.57. The van der Waals surface area contributed by atoms with Crippen LogP contribution >= 0.6 is 11.3 Å². The smallest absolute Gasteiger partial charge is 0.0991 e. The molecule has 0 aliphatic carbocycles. The van der Waals surface area contributed by atoms with Crippen molar-refractivity contribution in [1.29, 1.82) is 5.26 Å². The molecule has 0 aliphatic rings. The van der Waals surface area contributed by atoms with Crippen LogP contribution in [0.1, 0.15) is 29.0 Å². The zero-order valence-corrected chi connectivity index (χ0v) is 12.7. The molecule has 21 heavy (non-hydrogen) atoms. The lowest BCUT2D eigenvalue weighted by molar-refractivity contribution is 0.583. The van der Waals surface area contributed by atoms with E-state index in [2.05, 4.69) is 48.6 Å². The summed E-state index contributed by atoms with van der Waals surface area (Å²) in [5.74, 6) is 0. The van der Waals surface area contributed by atoms with E-state index in [0.717, 1.165) is 6.54 Å². The second kappa shape index (κ2) is 6.09. The fourth-order valence-electron chi connectivity index (χ4n) is 2.28. The van der Waals surface area contributed by atoms with Gasteiger partial charge in [-0.25, -0.2) is 0 Å². The summed E-state index contributed by atoms with van der Waals surface area (Å²) in [5, 5.41) is 13.7. The number of nitrogens with one attached hydrogen (secondary N) is 1. The highest BCUT2D eigenvalue weighted by Gasteiger charge is 2.09. The van der Waals surface area contributed by atoms with Crippen LogP contribution in [0.4, 0.5) is 0 Å². The summed E-state index contributed by atoms with van der Waals surface area (Å²) in [5.41, 5.74) is 1.90. The molecule has 1 N–H and O–H groups in total. The lowest BCUT2D eigenvalue weighted by Crippen LogP contribution is -2.17. The van der Waals surface area contributed by atoms with Crippen molar-refractivity contribution < 1.29 is 0 Å². The molecule has 3 rings (SSSR count). The molecule has 1 atom stereocenters. The predicted octanol–water partition coefficient (Wildman–Crippen LogP) is 4.62. The van der Waals surface area contributed by atoms with Crippen molar-refractivity contribution in [2.45, 2.75) is 19.5 Å². The monoisotopic (exact) mass is 292 g/mol. The van der Waals surface area contributed by atoms with Gasteiger partial charge in [0.15, 0.2) is 0 Å². The molecule has 0 saturated heterocycles. The van der Waals surface area contributed by atoms with E-state index in [0.29, 0.717) is 11.6 Å². The number of nitriles is 1. The average Bonchev–Trinajstić information content (AvgIpc) is 2.97. The van der Waals surface area contributed by atoms with Gasteiger partial charge in [-0.05, 0) is 42.1 Å². The van der Waals surface area contributed by atoms with Crippen molar-refractivity contribution in [2.75, 3.05) is 0 Å². The minimum absolute atomic E-state index is 0.318. The number of fused-ring (bicyclic) bond motifs is 1. The van der Waals surface area contributed by atoms with Crippen LogP contribution < -0.4 is 5.32 Å². The minimum atomic E-state index is 0.318. The number of nitrogens with zero attached hydrogens (tertiary/aromatic N) is 1. The van der Waals surface area contributed by atoms with Gasteiger partial charge in [-0.2, -0.15) is 5.26 Å². The second-order valence-electron chi connectivity index (χ2n) is 5.10. The Hall–Kier alpha value is -2.15. The van der Waals surface area contributed by atoms with Crippen LogP contribution in [0.2, 0.25) is 0 Å². The SMILES string of the molecule is CC(NCc1ccc(C#N)cc1)c1cc2ccccc2s1. The first-order valence-electron chi connectivity index (χ1n) is 6.97. The largest absolute Gasteiger partial charge is 0.305 e. The second-order valence-corrected chi connectivity index (χ2v) is 6.21. The maximum Gasteiger partial charge on any atom is 0.0991 e. The Bertz CT molecular complexity index is 748. The first kappa shape index (κ1) is 13.8. The molecule has 2 nitrogen and oxygen atoms in total. The summed E-state index contributed by atoms with van der Waals surface area (Å²) < 4.78 is 1.33. The third-order valence-corrected chi connectivity index (χ3v) is 4.87. The molecule has 2 aromatic carbocycles. The molecule has 0 spiro atoms. The third kappa shape index (κ3) is 3.13. The fourth-order valence-corrected chi connectivity index (χ4v) is 3.38. The standard InChI is InChI=1S/C18H16N2S/c1-13(18-10-16-4-2-3-5-17(16)21-18)20-12-15-8-6-14(11-19)7-9-15/h2-10,13,20H,12H2,1H3. The Morgan fingerprint density at radius 2 is 1.90 bits per heavy atom. The van der Waals surface area contributed by atoms with Crippen molar-refractivity contribution >= 4 is 21.4 Å². The summed E-state index contributed by atoms with van der Waals surface area (Å²) in [4.78, 5) is 1.35. The van der Waals surface area contributed by atoms with Gasteiger partial charge in [0.05, 0.1) is 11.6 Å². The van der Waals surface area contributed by atoms with Crippen LogP contribution in [0.3, 0.4) is 0 Å². The lowest BCUT2D eigenvalue weighted by Gasteiger charge is -2.12. The number of hydrogen-bond donors (Lipinski definition) is 1. The van der Waals surface area contributed by atoms with E-state index in [9.17, 15) is 0 Å². The summed E-state index contributed by atoms with van der Waals surface area (Å²) >= 11 is 1.84. The molecular weight excluding hydrogens is 276 g/mol. The molecule has 104 valence electrons. The number of benzene rings is 2. The van der Waals surface area contributed by atoms with Crippen LogP contribution in [0.15, 0.2) is 54.6 Å². The highest BCUT2D eigenvalue weighted by Crippen LogP contribution is 2.29. The van der Waals surface area contributed by atoms with Gasteiger partial charge >= 0.3 is 0 Å². The van der Waals surface area contributed by atoms with Gasteiger partial charge in [-0.1, -0.05) is 30.3 Å². The summed E-state index contributed by atoms with van der Waals surface area (Å²) in [6.45, 7) is 3.00. The van der Waals surface area contributed by atoms with Crippen molar-refractivity contribution in [3.63, 3.8) is 0 Å². The van der Waals surface area contributed by atoms with Gasteiger partial charge in [-0.3, -0.25) is 0 Å². The number of thiophene rings is 1. The molecule has 3 aromatic rings. The van der Waals surface area contributed by atoms with E-state index in [-0.39, 0.29) is 0 Å². The normalized spacial score (nSPS) is 12.2. The Balaban J connectivity index is 1.68. The summed E-state index contributed by atoms with van der Waals surface area (Å²) in [6, 6.07) is 20.9. The van der Waals surface area contributed by atoms with Crippen LogP contribution in [0.25, 0.3) is 10.1 Å². The maximum atomic E-state index is 8.80. The summed E-state index contributed by atoms with van der Waals surface area (Å²) in [6.07, 6.45) is 0. The highest BCUT2D eigenvalue weighted by molar-refractivity contribution is 7.19. The lowest BCUT2D eigenvalue weighted by atomic mass is 10.1. The zero-order chi connectivity index (χ0) is 14.7. The van der Waals surface area contributed by atoms with Gasteiger partial charge in [0.1, 0.15) is 0 Å². The molecule has 0 bridgehead atoms. The number of rotatable bonds is 4. The molecule has 0 radical (unpaired) electrons. The fraction of sp³-hybridized carbons (Fsp3) is 0.167. The van der Waals surface area contributed by atoms with E-state index in [1.807, 2.05) is 35.6 Å². The predicted molar refractivity (Wildman–Crippen MR) is 88.2 cm³/mol. The minimum Gasteiger partial charge on any atom is -0.305 e.